The van der Waals surface area contributed by atoms with Gasteiger partial charge in [-0.1, -0.05) is 22.9 Å². The van der Waals surface area contributed by atoms with Crippen LogP contribution in [0.15, 0.2) is 12.3 Å². The minimum absolute atomic E-state index is 0.242. The van der Waals surface area contributed by atoms with Crippen LogP contribution in [-0.4, -0.2) is 46.7 Å². The van der Waals surface area contributed by atoms with E-state index in [2.05, 4.69) is 31.7 Å². The monoisotopic (exact) mass is 361 g/mol. The van der Waals surface area contributed by atoms with Crippen LogP contribution in [0.5, 0.6) is 0 Å². The lowest BCUT2D eigenvalue weighted by Crippen LogP contribution is -2.40. The van der Waals surface area contributed by atoms with E-state index in [0.29, 0.717) is 25.1 Å². The molecule has 3 atom stereocenters. The van der Waals surface area contributed by atoms with Crippen LogP contribution in [0.4, 0.5) is 0 Å². The van der Waals surface area contributed by atoms with Gasteiger partial charge in [0, 0.05) is 18.7 Å². The van der Waals surface area contributed by atoms with Gasteiger partial charge in [-0.05, 0) is 32.1 Å². The van der Waals surface area contributed by atoms with E-state index in [-0.39, 0.29) is 18.7 Å². The Labute approximate surface area is 144 Å². The average molecular weight is 361 g/mol. The zero-order valence-corrected chi connectivity index (χ0v) is 15.2. The van der Waals surface area contributed by atoms with Gasteiger partial charge in [-0.25, -0.2) is 4.79 Å². The highest BCUT2D eigenvalue weighted by molar-refractivity contribution is 7.13. The summed E-state index contributed by atoms with van der Waals surface area (Å²) < 4.78 is 0. The van der Waals surface area contributed by atoms with Crippen LogP contribution in [0.3, 0.4) is 0 Å². The van der Waals surface area contributed by atoms with Crippen molar-refractivity contribution in [2.24, 2.45) is 0 Å². The molecule has 0 aromatic carbocycles. The van der Waals surface area contributed by atoms with Crippen LogP contribution in [0.1, 0.15) is 45.4 Å². The lowest BCUT2D eigenvalue weighted by Gasteiger charge is -2.16. The Balaban J connectivity index is 3.94. The zero-order valence-electron chi connectivity index (χ0n) is 14.0. The first-order chi connectivity index (χ1) is 11.3. The fourth-order valence-electron chi connectivity index (χ4n) is 1.98. The Morgan fingerprint density at radius 1 is 1.08 bits per heavy atom. The molecular weight excluding hydrogens is 333 g/mol. The quantitative estimate of drug-likeness (QED) is 0.229. The van der Waals surface area contributed by atoms with Crippen LogP contribution in [0.25, 0.3) is 0 Å². The molecular formula is C15H28N3O5P. The van der Waals surface area contributed by atoms with Crippen molar-refractivity contribution in [3.63, 3.8) is 0 Å². The predicted molar refractivity (Wildman–Crippen MR) is 94.4 cm³/mol. The molecule has 9 heteroatoms. The molecule has 0 aliphatic carbocycles. The topological polar surface area (TPSA) is 128 Å². The third-order valence-corrected chi connectivity index (χ3v) is 3.89. The summed E-state index contributed by atoms with van der Waals surface area (Å²) in [4.78, 5) is 33.2. The molecule has 138 valence electrons. The van der Waals surface area contributed by atoms with Gasteiger partial charge in [0.1, 0.15) is 12.1 Å². The number of carbonyl (C=O) groups excluding carboxylic acids is 1. The number of nitrogens with one attached hydrogen (secondary N) is 3. The summed E-state index contributed by atoms with van der Waals surface area (Å²) in [5.41, 5.74) is 0.700. The highest BCUT2D eigenvalue weighted by Crippen LogP contribution is 2.06. The fraction of sp³-hybridized carbons (Fsp3) is 0.667. The van der Waals surface area contributed by atoms with E-state index < -0.39 is 24.0 Å². The Morgan fingerprint density at radius 2 is 1.71 bits per heavy atom. The van der Waals surface area contributed by atoms with Crippen molar-refractivity contribution in [2.75, 3.05) is 6.54 Å². The van der Waals surface area contributed by atoms with Crippen molar-refractivity contribution in [2.45, 2.75) is 57.5 Å². The zero-order chi connectivity index (χ0) is 18.5. The van der Waals surface area contributed by atoms with E-state index in [0.717, 1.165) is 12.8 Å². The molecule has 0 saturated carbocycles. The van der Waals surface area contributed by atoms with Gasteiger partial charge in [0.25, 0.3) is 0 Å². The van der Waals surface area contributed by atoms with Crippen molar-refractivity contribution >= 4 is 27.2 Å². The van der Waals surface area contributed by atoms with Crippen LogP contribution < -0.4 is 15.7 Å². The van der Waals surface area contributed by atoms with Gasteiger partial charge in [-0.3, -0.25) is 14.7 Å². The van der Waals surface area contributed by atoms with Gasteiger partial charge in [0.2, 0.25) is 5.91 Å². The van der Waals surface area contributed by atoms with Crippen molar-refractivity contribution in [3.8, 4) is 0 Å². The van der Waals surface area contributed by atoms with Gasteiger partial charge in [-0.2, -0.15) is 0 Å². The minimum atomic E-state index is -1.06. The fourth-order valence-corrected chi connectivity index (χ4v) is 2.29. The Kier molecular flexibility index (Phi) is 11.8. The van der Waals surface area contributed by atoms with Crippen molar-refractivity contribution < 1.29 is 24.6 Å². The first kappa shape index (κ1) is 22.3. The molecule has 5 N–H and O–H groups in total. The predicted octanol–water partition coefficient (Wildman–Crippen LogP) is 0.852. The van der Waals surface area contributed by atoms with E-state index in [4.69, 9.17) is 10.2 Å². The molecule has 0 aromatic heterocycles. The first-order valence-corrected chi connectivity index (χ1v) is 8.52. The molecule has 0 aliphatic rings. The molecule has 2 unspecified atom stereocenters. The molecule has 8 nitrogen and oxygen atoms in total. The van der Waals surface area contributed by atoms with Crippen molar-refractivity contribution in [1.82, 2.24) is 15.7 Å². The molecule has 24 heavy (non-hydrogen) atoms. The van der Waals surface area contributed by atoms with E-state index >= 15 is 0 Å². The number of carbonyl (C=O) groups is 3. The highest BCUT2D eigenvalue weighted by atomic mass is 31.0. The SMILES string of the molecule is C=C(CC[C@H](NC(=O)CC)C(=O)O)NCCCCC(NP)C(=O)O. The second-order valence-corrected chi connectivity index (χ2v) is 5.77. The summed E-state index contributed by atoms with van der Waals surface area (Å²) in [6, 6.07) is -1.49. The Bertz CT molecular complexity index is 445. The summed E-state index contributed by atoms with van der Waals surface area (Å²) in [6.07, 6.45) is 2.99. The molecule has 0 heterocycles. The third-order valence-electron chi connectivity index (χ3n) is 3.48. The van der Waals surface area contributed by atoms with Crippen LogP contribution in [0.2, 0.25) is 0 Å². The molecule has 0 fully saturated rings. The molecule has 0 saturated heterocycles. The number of aliphatic carboxylic acids is 2. The minimum Gasteiger partial charge on any atom is -0.480 e. The molecule has 0 bridgehead atoms. The maximum Gasteiger partial charge on any atom is 0.326 e. The molecule has 0 rings (SSSR count). The van der Waals surface area contributed by atoms with Crippen LogP contribution in [-0.2, 0) is 14.4 Å². The number of carboxylic acids is 2. The summed E-state index contributed by atoms with van der Waals surface area (Å²) in [7, 11) is 2.21. The van der Waals surface area contributed by atoms with Gasteiger partial charge >= 0.3 is 11.9 Å². The highest BCUT2D eigenvalue weighted by Gasteiger charge is 2.19. The lowest BCUT2D eigenvalue weighted by molar-refractivity contribution is -0.142. The average Bonchev–Trinajstić information content (AvgIpc) is 2.53. The maximum absolute atomic E-state index is 11.3. The lowest BCUT2D eigenvalue weighted by atomic mass is 10.1. The number of hydrogen-bond acceptors (Lipinski definition) is 5. The second kappa shape index (κ2) is 12.7. The van der Waals surface area contributed by atoms with Gasteiger partial charge < -0.3 is 20.8 Å². The Hall–Kier alpha value is -1.66. The van der Waals surface area contributed by atoms with E-state index in [1.807, 2.05) is 0 Å². The summed E-state index contributed by atoms with van der Waals surface area (Å²) in [5.74, 6) is -2.23. The summed E-state index contributed by atoms with van der Waals surface area (Å²) in [6.45, 7) is 6.14. The maximum atomic E-state index is 11.3. The molecule has 0 aromatic rings. The molecule has 1 amide bonds. The number of allylic oxidation sites excluding steroid dienone is 1. The molecule has 0 radical (unpaired) electrons. The van der Waals surface area contributed by atoms with Crippen molar-refractivity contribution in [3.05, 3.63) is 12.3 Å². The van der Waals surface area contributed by atoms with Gasteiger partial charge in [0.15, 0.2) is 0 Å². The van der Waals surface area contributed by atoms with Crippen LogP contribution in [0, 0.1) is 0 Å². The molecule has 0 aliphatic heterocycles. The summed E-state index contributed by atoms with van der Waals surface area (Å²) in [5, 5.41) is 26.2. The largest absolute Gasteiger partial charge is 0.480 e. The van der Waals surface area contributed by atoms with Crippen molar-refractivity contribution in [1.29, 1.82) is 0 Å². The van der Waals surface area contributed by atoms with Gasteiger partial charge in [-0.15, -0.1) is 0 Å². The number of amides is 1. The normalized spacial score (nSPS) is 12.9. The molecule has 0 spiro atoms. The van der Waals surface area contributed by atoms with E-state index in [9.17, 15) is 14.4 Å². The first-order valence-electron chi connectivity index (χ1n) is 7.94. The smallest absolute Gasteiger partial charge is 0.326 e. The van der Waals surface area contributed by atoms with Gasteiger partial charge in [0.05, 0.1) is 0 Å². The second-order valence-electron chi connectivity index (χ2n) is 5.43. The summed E-state index contributed by atoms with van der Waals surface area (Å²) >= 11 is 0. The van der Waals surface area contributed by atoms with E-state index in [1.165, 1.54) is 0 Å². The standard InChI is InChI=1S/C15H28N3O5P/c1-3-13(19)17-11(14(20)21)8-7-10(2)16-9-5-4-6-12(18-24)15(22)23/h11-12,16,18H,2-9,24H2,1H3,(H,17,19)(H,20,21)(H,22,23)/t11-,12?/m0/s1. The Morgan fingerprint density at radius 3 is 2.21 bits per heavy atom. The van der Waals surface area contributed by atoms with E-state index in [1.54, 1.807) is 6.92 Å². The number of carboxylic acid groups (broad SMARTS) is 2. The number of unbranched alkanes of at least 4 members (excludes halogenated alkanes) is 1. The number of hydrogen-bond donors (Lipinski definition) is 5. The number of rotatable bonds is 14. The van der Waals surface area contributed by atoms with Crippen LogP contribution >= 0.6 is 9.39 Å². The third kappa shape index (κ3) is 10.2.